The molecule has 0 radical (unpaired) electrons. The van der Waals surface area contributed by atoms with Crippen molar-refractivity contribution in [3.63, 3.8) is 0 Å². The van der Waals surface area contributed by atoms with Crippen molar-refractivity contribution >= 4 is 5.97 Å². The Labute approximate surface area is 119 Å². The number of hydrogen-bond donors (Lipinski definition) is 0. The van der Waals surface area contributed by atoms with E-state index < -0.39 is 0 Å². The average Bonchev–Trinajstić information content (AvgIpc) is 2.48. The summed E-state index contributed by atoms with van der Waals surface area (Å²) in [6.45, 7) is 2.22. The third-order valence-electron chi connectivity index (χ3n) is 3.03. The molecule has 0 spiro atoms. The molecule has 0 N–H and O–H groups in total. The van der Waals surface area contributed by atoms with Crippen LogP contribution in [-0.2, 0) is 16.0 Å². The molecule has 3 nitrogen and oxygen atoms in total. The molecule has 0 atom stereocenters. The van der Waals surface area contributed by atoms with Gasteiger partial charge >= 0.3 is 5.97 Å². The largest absolute Gasteiger partial charge is 0.496 e. The van der Waals surface area contributed by atoms with E-state index in [0.717, 1.165) is 22.4 Å². The average molecular weight is 270 g/mol. The van der Waals surface area contributed by atoms with Crippen LogP contribution in [0.4, 0.5) is 0 Å². The first-order chi connectivity index (χ1) is 9.74. The number of carbonyl (C=O) groups excluding carboxylic acids is 1. The van der Waals surface area contributed by atoms with Gasteiger partial charge in [-0.05, 0) is 24.1 Å². The molecule has 104 valence electrons. The zero-order valence-electron chi connectivity index (χ0n) is 11.8. The minimum Gasteiger partial charge on any atom is -0.496 e. The van der Waals surface area contributed by atoms with Crippen LogP contribution in [0.5, 0.6) is 5.75 Å². The van der Waals surface area contributed by atoms with Gasteiger partial charge in [0, 0.05) is 5.56 Å². The third kappa shape index (κ3) is 3.38. The number of carbonyl (C=O) groups is 1. The molecule has 0 aromatic heterocycles. The summed E-state index contributed by atoms with van der Waals surface area (Å²) < 4.78 is 10.3. The smallest absolute Gasteiger partial charge is 0.310 e. The van der Waals surface area contributed by atoms with E-state index in [1.165, 1.54) is 0 Å². The Kier molecular flexibility index (Phi) is 4.77. The van der Waals surface area contributed by atoms with Crippen molar-refractivity contribution in [1.82, 2.24) is 0 Å². The van der Waals surface area contributed by atoms with Gasteiger partial charge in [0.2, 0.25) is 0 Å². The van der Waals surface area contributed by atoms with Crippen LogP contribution < -0.4 is 4.74 Å². The molecule has 0 saturated carbocycles. The highest BCUT2D eigenvalue weighted by molar-refractivity contribution is 5.74. The molecule has 0 aliphatic carbocycles. The Morgan fingerprint density at radius 1 is 1.05 bits per heavy atom. The van der Waals surface area contributed by atoms with Gasteiger partial charge in [-0.15, -0.1) is 0 Å². The number of methoxy groups -OCH3 is 1. The molecule has 20 heavy (non-hydrogen) atoms. The first kappa shape index (κ1) is 14.1. The fourth-order valence-corrected chi connectivity index (χ4v) is 2.06. The molecule has 2 rings (SSSR count). The summed E-state index contributed by atoms with van der Waals surface area (Å²) in [5, 5.41) is 0. The van der Waals surface area contributed by atoms with E-state index in [2.05, 4.69) is 0 Å². The van der Waals surface area contributed by atoms with Gasteiger partial charge in [-0.2, -0.15) is 0 Å². The number of benzene rings is 2. The van der Waals surface area contributed by atoms with Gasteiger partial charge in [0.1, 0.15) is 5.75 Å². The molecule has 0 saturated heterocycles. The molecule has 0 heterocycles. The van der Waals surface area contributed by atoms with E-state index in [9.17, 15) is 4.79 Å². The van der Waals surface area contributed by atoms with Crippen LogP contribution in [0.1, 0.15) is 12.5 Å². The lowest BCUT2D eigenvalue weighted by atomic mass is 10.0. The number of rotatable bonds is 5. The molecular weight excluding hydrogens is 252 g/mol. The predicted octanol–water partition coefficient (Wildman–Crippen LogP) is 3.47. The van der Waals surface area contributed by atoms with Crippen molar-refractivity contribution in [2.24, 2.45) is 0 Å². The summed E-state index contributed by atoms with van der Waals surface area (Å²) in [6, 6.07) is 15.7. The van der Waals surface area contributed by atoms with Crippen LogP contribution in [0.3, 0.4) is 0 Å². The van der Waals surface area contributed by atoms with Crippen LogP contribution in [0.2, 0.25) is 0 Å². The summed E-state index contributed by atoms with van der Waals surface area (Å²) in [5.41, 5.74) is 3.05. The Bertz CT molecular complexity index is 573. The molecular formula is C17H18O3. The quantitative estimate of drug-likeness (QED) is 0.780. The van der Waals surface area contributed by atoms with Gasteiger partial charge in [0.25, 0.3) is 0 Å². The van der Waals surface area contributed by atoms with Crippen LogP contribution >= 0.6 is 0 Å². The van der Waals surface area contributed by atoms with Crippen LogP contribution in [0, 0.1) is 0 Å². The molecule has 0 unspecified atom stereocenters. The zero-order chi connectivity index (χ0) is 14.4. The van der Waals surface area contributed by atoms with Crippen molar-refractivity contribution in [2.75, 3.05) is 13.7 Å². The number of esters is 1. The lowest BCUT2D eigenvalue weighted by Gasteiger charge is -2.09. The maximum absolute atomic E-state index is 11.4. The zero-order valence-corrected chi connectivity index (χ0v) is 11.8. The van der Waals surface area contributed by atoms with Gasteiger partial charge in [-0.3, -0.25) is 4.79 Å². The molecule has 2 aromatic rings. The fourth-order valence-electron chi connectivity index (χ4n) is 2.06. The first-order valence-corrected chi connectivity index (χ1v) is 6.62. The highest BCUT2D eigenvalue weighted by atomic mass is 16.5. The predicted molar refractivity (Wildman–Crippen MR) is 78.8 cm³/mol. The van der Waals surface area contributed by atoms with Crippen molar-refractivity contribution in [2.45, 2.75) is 13.3 Å². The summed E-state index contributed by atoms with van der Waals surface area (Å²) in [6.07, 6.45) is 0.306. The Morgan fingerprint density at radius 2 is 1.75 bits per heavy atom. The Morgan fingerprint density at radius 3 is 2.40 bits per heavy atom. The lowest BCUT2D eigenvalue weighted by molar-refractivity contribution is -0.142. The van der Waals surface area contributed by atoms with Crippen molar-refractivity contribution in [1.29, 1.82) is 0 Å². The second-order valence-corrected chi connectivity index (χ2v) is 4.38. The summed E-state index contributed by atoms with van der Waals surface area (Å²) >= 11 is 0. The molecule has 2 aromatic carbocycles. The fraction of sp³-hybridized carbons (Fsp3) is 0.235. The molecule has 0 fully saturated rings. The highest BCUT2D eigenvalue weighted by Crippen LogP contribution is 2.29. The maximum Gasteiger partial charge on any atom is 0.310 e. The topological polar surface area (TPSA) is 35.5 Å². The van der Waals surface area contributed by atoms with Gasteiger partial charge in [0.15, 0.2) is 0 Å². The number of ether oxygens (including phenoxy) is 2. The number of hydrogen-bond acceptors (Lipinski definition) is 3. The van der Waals surface area contributed by atoms with Gasteiger partial charge < -0.3 is 9.47 Å². The Hall–Kier alpha value is -2.29. The maximum atomic E-state index is 11.4. The minimum atomic E-state index is -0.197. The van der Waals surface area contributed by atoms with Crippen molar-refractivity contribution in [3.05, 3.63) is 54.1 Å². The van der Waals surface area contributed by atoms with Gasteiger partial charge in [-0.25, -0.2) is 0 Å². The normalized spacial score (nSPS) is 10.1. The second-order valence-electron chi connectivity index (χ2n) is 4.38. The van der Waals surface area contributed by atoms with Gasteiger partial charge in [-0.1, -0.05) is 42.5 Å². The van der Waals surface area contributed by atoms with E-state index in [1.54, 1.807) is 7.11 Å². The number of para-hydroxylation sites is 1. The monoisotopic (exact) mass is 270 g/mol. The SMILES string of the molecule is CCOC(=O)Cc1ccc(-c2ccccc2OC)cc1. The Balaban J connectivity index is 2.17. The van der Waals surface area contributed by atoms with E-state index in [1.807, 2.05) is 55.5 Å². The van der Waals surface area contributed by atoms with Gasteiger partial charge in [0.05, 0.1) is 20.1 Å². The summed E-state index contributed by atoms with van der Waals surface area (Å²) in [5.74, 6) is 0.642. The molecule has 3 heteroatoms. The van der Waals surface area contributed by atoms with Crippen molar-refractivity contribution < 1.29 is 14.3 Å². The molecule has 0 aliphatic heterocycles. The lowest BCUT2D eigenvalue weighted by Crippen LogP contribution is -2.07. The molecule has 0 bridgehead atoms. The van der Waals surface area contributed by atoms with Crippen LogP contribution in [0.25, 0.3) is 11.1 Å². The van der Waals surface area contributed by atoms with Crippen molar-refractivity contribution in [3.8, 4) is 16.9 Å². The standard InChI is InChI=1S/C17H18O3/c1-3-20-17(18)12-13-8-10-14(11-9-13)15-6-4-5-7-16(15)19-2/h4-11H,3,12H2,1-2H3. The summed E-state index contributed by atoms with van der Waals surface area (Å²) in [4.78, 5) is 11.4. The third-order valence-corrected chi connectivity index (χ3v) is 3.03. The van der Waals surface area contributed by atoms with E-state index in [0.29, 0.717) is 13.0 Å². The first-order valence-electron chi connectivity index (χ1n) is 6.62. The van der Waals surface area contributed by atoms with Crippen LogP contribution in [-0.4, -0.2) is 19.7 Å². The van der Waals surface area contributed by atoms with E-state index in [-0.39, 0.29) is 5.97 Å². The van der Waals surface area contributed by atoms with E-state index in [4.69, 9.17) is 9.47 Å². The highest BCUT2D eigenvalue weighted by Gasteiger charge is 2.07. The summed E-state index contributed by atoms with van der Waals surface area (Å²) in [7, 11) is 1.66. The van der Waals surface area contributed by atoms with E-state index >= 15 is 0 Å². The second kappa shape index (κ2) is 6.75. The molecule has 0 aliphatic rings. The minimum absolute atomic E-state index is 0.197. The molecule has 0 amide bonds. The van der Waals surface area contributed by atoms with Crippen LogP contribution in [0.15, 0.2) is 48.5 Å².